The fourth-order valence-corrected chi connectivity index (χ4v) is 2.71. The van der Waals surface area contributed by atoms with Crippen LogP contribution in [0.1, 0.15) is 24.3 Å². The van der Waals surface area contributed by atoms with E-state index in [1.54, 1.807) is 30.3 Å². The molecular weight excluding hydrogens is 353 g/mol. The molecule has 0 aliphatic carbocycles. The molecule has 0 aliphatic rings. The first kappa shape index (κ1) is 18.1. The van der Waals surface area contributed by atoms with Crippen LogP contribution in [0.5, 0.6) is 0 Å². The van der Waals surface area contributed by atoms with Gasteiger partial charge in [0.2, 0.25) is 0 Å². The Labute approximate surface area is 156 Å². The van der Waals surface area contributed by atoms with Gasteiger partial charge < -0.3 is 5.32 Å². The normalized spacial score (nSPS) is 11.0. The zero-order chi connectivity index (χ0) is 18.7. The summed E-state index contributed by atoms with van der Waals surface area (Å²) in [5, 5.41) is 7.92. The lowest BCUT2D eigenvalue weighted by Crippen LogP contribution is -2.29. The third-order valence-corrected chi connectivity index (χ3v) is 4.15. The Morgan fingerprint density at radius 1 is 1.19 bits per heavy atom. The molecule has 6 heteroatoms. The van der Waals surface area contributed by atoms with Gasteiger partial charge in [-0.15, -0.1) is 0 Å². The van der Waals surface area contributed by atoms with Crippen LogP contribution in [0.3, 0.4) is 0 Å². The molecule has 0 unspecified atom stereocenters. The van der Waals surface area contributed by atoms with Gasteiger partial charge in [-0.25, -0.2) is 9.07 Å². The summed E-state index contributed by atoms with van der Waals surface area (Å²) in [5.41, 5.74) is 2.27. The highest BCUT2D eigenvalue weighted by Crippen LogP contribution is 2.25. The zero-order valence-electron chi connectivity index (χ0n) is 14.5. The van der Waals surface area contributed by atoms with Crippen molar-refractivity contribution in [3.8, 4) is 16.9 Å². The SMILES string of the molecule is CC(C)CNC(=O)c1cc(-c2ccc(F)cc2)nn1-c1ccccc1Cl. The fraction of sp³-hybridized carbons (Fsp3) is 0.200. The first-order chi connectivity index (χ1) is 12.5. The van der Waals surface area contributed by atoms with Gasteiger partial charge in [0.05, 0.1) is 16.4 Å². The Hall–Kier alpha value is -2.66. The summed E-state index contributed by atoms with van der Waals surface area (Å²) in [5.74, 6) is -0.235. The number of rotatable bonds is 5. The highest BCUT2D eigenvalue weighted by molar-refractivity contribution is 6.32. The number of nitrogens with one attached hydrogen (secondary N) is 1. The molecule has 1 heterocycles. The molecule has 1 aromatic heterocycles. The maximum absolute atomic E-state index is 13.2. The second-order valence-electron chi connectivity index (χ2n) is 6.39. The summed E-state index contributed by atoms with van der Waals surface area (Å²) >= 11 is 6.30. The van der Waals surface area contributed by atoms with Crippen LogP contribution in [0.2, 0.25) is 5.02 Å². The van der Waals surface area contributed by atoms with Crippen molar-refractivity contribution in [2.45, 2.75) is 13.8 Å². The highest BCUT2D eigenvalue weighted by Gasteiger charge is 2.19. The molecule has 0 bridgehead atoms. The van der Waals surface area contributed by atoms with E-state index in [2.05, 4.69) is 10.4 Å². The molecule has 3 aromatic rings. The minimum Gasteiger partial charge on any atom is -0.350 e. The molecule has 1 N–H and O–H groups in total. The van der Waals surface area contributed by atoms with Gasteiger partial charge >= 0.3 is 0 Å². The van der Waals surface area contributed by atoms with Crippen LogP contribution in [0.25, 0.3) is 16.9 Å². The third kappa shape index (κ3) is 3.94. The van der Waals surface area contributed by atoms with Crippen molar-refractivity contribution in [1.82, 2.24) is 15.1 Å². The molecule has 134 valence electrons. The number of hydrogen-bond donors (Lipinski definition) is 1. The van der Waals surface area contributed by atoms with E-state index in [-0.39, 0.29) is 11.7 Å². The number of aromatic nitrogens is 2. The number of amides is 1. The molecule has 0 radical (unpaired) electrons. The number of carbonyl (C=O) groups is 1. The molecule has 1 amide bonds. The Bertz CT molecular complexity index is 919. The predicted molar refractivity (Wildman–Crippen MR) is 101 cm³/mol. The third-order valence-electron chi connectivity index (χ3n) is 3.83. The van der Waals surface area contributed by atoms with Gasteiger partial charge in [-0.1, -0.05) is 37.6 Å². The Morgan fingerprint density at radius 2 is 1.88 bits per heavy atom. The van der Waals surface area contributed by atoms with Crippen molar-refractivity contribution in [3.63, 3.8) is 0 Å². The summed E-state index contributed by atoms with van der Waals surface area (Å²) in [6.45, 7) is 4.60. The maximum atomic E-state index is 13.2. The van der Waals surface area contributed by atoms with Crippen LogP contribution in [0.4, 0.5) is 4.39 Å². The number of carbonyl (C=O) groups excluding carboxylic acids is 1. The fourth-order valence-electron chi connectivity index (χ4n) is 2.50. The smallest absolute Gasteiger partial charge is 0.270 e. The molecule has 4 nitrogen and oxygen atoms in total. The molecule has 26 heavy (non-hydrogen) atoms. The number of para-hydroxylation sites is 1. The Balaban J connectivity index is 2.07. The van der Waals surface area contributed by atoms with E-state index in [1.807, 2.05) is 26.0 Å². The quantitative estimate of drug-likeness (QED) is 0.705. The minimum absolute atomic E-state index is 0.237. The minimum atomic E-state index is -0.325. The lowest BCUT2D eigenvalue weighted by atomic mass is 10.1. The van der Waals surface area contributed by atoms with Gasteiger partial charge in [0.15, 0.2) is 0 Å². The van der Waals surface area contributed by atoms with E-state index in [4.69, 9.17) is 11.6 Å². The lowest BCUT2D eigenvalue weighted by molar-refractivity contribution is 0.0941. The molecule has 0 saturated heterocycles. The summed E-state index contributed by atoms with van der Waals surface area (Å²) in [4.78, 5) is 12.7. The van der Waals surface area contributed by atoms with Gasteiger partial charge in [-0.05, 0) is 48.4 Å². The number of benzene rings is 2. The van der Waals surface area contributed by atoms with E-state index in [1.165, 1.54) is 16.8 Å². The second-order valence-corrected chi connectivity index (χ2v) is 6.80. The van der Waals surface area contributed by atoms with Gasteiger partial charge in [-0.2, -0.15) is 5.10 Å². The van der Waals surface area contributed by atoms with Crippen LogP contribution in [0.15, 0.2) is 54.6 Å². The number of halogens is 2. The monoisotopic (exact) mass is 371 g/mol. The number of nitrogens with zero attached hydrogens (tertiary/aromatic N) is 2. The van der Waals surface area contributed by atoms with Crippen LogP contribution in [0, 0.1) is 11.7 Å². The van der Waals surface area contributed by atoms with E-state index >= 15 is 0 Å². The second kappa shape index (κ2) is 7.70. The summed E-state index contributed by atoms with van der Waals surface area (Å²) in [6.07, 6.45) is 0. The summed E-state index contributed by atoms with van der Waals surface area (Å²) < 4.78 is 14.7. The van der Waals surface area contributed by atoms with Gasteiger partial charge in [0.25, 0.3) is 5.91 Å². The molecule has 0 aliphatic heterocycles. The van der Waals surface area contributed by atoms with Gasteiger partial charge in [0, 0.05) is 12.1 Å². The van der Waals surface area contributed by atoms with Crippen LogP contribution >= 0.6 is 11.6 Å². The van der Waals surface area contributed by atoms with E-state index in [0.29, 0.717) is 34.6 Å². The molecule has 0 atom stereocenters. The molecule has 0 fully saturated rings. The first-order valence-electron chi connectivity index (χ1n) is 8.35. The van der Waals surface area contributed by atoms with Crippen LogP contribution < -0.4 is 5.32 Å². The maximum Gasteiger partial charge on any atom is 0.270 e. The van der Waals surface area contributed by atoms with Crippen molar-refractivity contribution in [1.29, 1.82) is 0 Å². The van der Waals surface area contributed by atoms with Gasteiger partial charge in [0.1, 0.15) is 11.5 Å². The first-order valence-corrected chi connectivity index (χ1v) is 8.72. The average Bonchev–Trinajstić information content (AvgIpc) is 3.06. The molecule has 0 spiro atoms. The molecule has 3 rings (SSSR count). The standard InChI is InChI=1S/C20H19ClFN3O/c1-13(2)12-23-20(26)19-11-17(14-7-9-15(22)10-8-14)24-25(19)18-6-4-3-5-16(18)21/h3-11,13H,12H2,1-2H3,(H,23,26). The average molecular weight is 372 g/mol. The van der Waals surface area contributed by atoms with Crippen molar-refractivity contribution in [2.24, 2.45) is 5.92 Å². The van der Waals surface area contributed by atoms with Crippen molar-refractivity contribution < 1.29 is 9.18 Å². The Kier molecular flexibility index (Phi) is 5.38. The van der Waals surface area contributed by atoms with Crippen molar-refractivity contribution in [2.75, 3.05) is 6.54 Å². The van der Waals surface area contributed by atoms with E-state index in [0.717, 1.165) is 5.56 Å². The van der Waals surface area contributed by atoms with Gasteiger partial charge in [-0.3, -0.25) is 4.79 Å². The predicted octanol–water partition coefficient (Wildman–Crippen LogP) is 4.72. The molecule has 2 aromatic carbocycles. The highest BCUT2D eigenvalue weighted by atomic mass is 35.5. The number of hydrogen-bond acceptors (Lipinski definition) is 2. The van der Waals surface area contributed by atoms with Crippen LogP contribution in [-0.2, 0) is 0 Å². The lowest BCUT2D eigenvalue weighted by Gasteiger charge is -2.10. The zero-order valence-corrected chi connectivity index (χ0v) is 15.3. The summed E-state index contributed by atoms with van der Waals surface area (Å²) in [7, 11) is 0. The van der Waals surface area contributed by atoms with Crippen molar-refractivity contribution >= 4 is 17.5 Å². The molecular formula is C20H19ClFN3O. The topological polar surface area (TPSA) is 46.9 Å². The summed E-state index contributed by atoms with van der Waals surface area (Å²) in [6, 6.07) is 14.9. The van der Waals surface area contributed by atoms with Crippen LogP contribution in [-0.4, -0.2) is 22.2 Å². The Morgan fingerprint density at radius 3 is 2.54 bits per heavy atom. The van der Waals surface area contributed by atoms with E-state index in [9.17, 15) is 9.18 Å². The van der Waals surface area contributed by atoms with Crippen molar-refractivity contribution in [3.05, 3.63) is 71.1 Å². The van der Waals surface area contributed by atoms with E-state index < -0.39 is 0 Å². The largest absolute Gasteiger partial charge is 0.350 e. The molecule has 0 saturated carbocycles.